The third-order valence-electron chi connectivity index (χ3n) is 3.88. The van der Waals surface area contributed by atoms with Crippen LogP contribution in [-0.4, -0.2) is 0 Å². The second kappa shape index (κ2) is 5.39. The molecule has 0 unspecified atom stereocenters. The van der Waals surface area contributed by atoms with Crippen molar-refractivity contribution >= 4 is 5.57 Å². The Hall–Kier alpha value is -1.56. The summed E-state index contributed by atoms with van der Waals surface area (Å²) in [6.45, 7) is 8.86. The highest BCUT2D eigenvalue weighted by Gasteiger charge is 2.11. The Balaban J connectivity index is 2.28. The minimum absolute atomic E-state index is 1.08. The topological polar surface area (TPSA) is 0 Å². The van der Waals surface area contributed by atoms with Gasteiger partial charge in [0.2, 0.25) is 0 Å². The van der Waals surface area contributed by atoms with Gasteiger partial charge in [-0.2, -0.15) is 0 Å². The summed E-state index contributed by atoms with van der Waals surface area (Å²) in [5, 5.41) is 0. The lowest BCUT2D eigenvalue weighted by Crippen LogP contribution is -1.86. The largest absolute Gasteiger partial charge is 0.0722 e. The van der Waals surface area contributed by atoms with Crippen LogP contribution in [0.15, 0.2) is 53.1 Å². The van der Waals surface area contributed by atoms with Crippen molar-refractivity contribution in [3.8, 4) is 0 Å². The van der Waals surface area contributed by atoms with Gasteiger partial charge in [0.05, 0.1) is 0 Å². The molecule has 0 atom stereocenters. The zero-order chi connectivity index (χ0) is 13.1. The van der Waals surface area contributed by atoms with Crippen molar-refractivity contribution in [2.45, 2.75) is 40.5 Å². The predicted octanol–water partition coefficient (Wildman–Crippen LogP) is 5.45. The molecule has 0 aromatic heterocycles. The monoisotopic (exact) mass is 238 g/mol. The van der Waals surface area contributed by atoms with E-state index in [2.05, 4.69) is 64.1 Å². The number of rotatable bonds is 3. The maximum absolute atomic E-state index is 2.35. The van der Waals surface area contributed by atoms with Crippen molar-refractivity contribution in [1.29, 1.82) is 0 Å². The summed E-state index contributed by atoms with van der Waals surface area (Å²) in [6.07, 6.45) is 6.91. The van der Waals surface area contributed by atoms with E-state index in [1.807, 2.05) is 0 Å². The van der Waals surface area contributed by atoms with Crippen LogP contribution in [0.1, 0.15) is 44.7 Å². The van der Waals surface area contributed by atoms with Crippen LogP contribution in [0.5, 0.6) is 0 Å². The molecule has 1 aromatic rings. The molecule has 18 heavy (non-hydrogen) atoms. The van der Waals surface area contributed by atoms with Crippen molar-refractivity contribution in [1.82, 2.24) is 0 Å². The summed E-state index contributed by atoms with van der Waals surface area (Å²) in [5.41, 5.74) is 8.48. The fourth-order valence-corrected chi connectivity index (χ4v) is 2.35. The molecule has 1 aliphatic rings. The SMILES string of the molecule is CC/C(C)=C(\C)C1=CC(c2cccc(C)c2)=CC1. The van der Waals surface area contributed by atoms with Crippen molar-refractivity contribution in [3.05, 3.63) is 64.3 Å². The van der Waals surface area contributed by atoms with Crippen molar-refractivity contribution in [3.63, 3.8) is 0 Å². The third kappa shape index (κ3) is 2.64. The van der Waals surface area contributed by atoms with Gasteiger partial charge in [-0.05, 0) is 55.9 Å². The Morgan fingerprint density at radius 3 is 2.67 bits per heavy atom. The minimum atomic E-state index is 1.08. The highest BCUT2D eigenvalue weighted by molar-refractivity contribution is 5.79. The van der Waals surface area contributed by atoms with E-state index in [1.54, 1.807) is 0 Å². The van der Waals surface area contributed by atoms with Gasteiger partial charge in [0.25, 0.3) is 0 Å². The molecule has 0 radical (unpaired) electrons. The molecule has 0 spiro atoms. The van der Waals surface area contributed by atoms with Crippen molar-refractivity contribution in [2.75, 3.05) is 0 Å². The molecule has 94 valence electrons. The number of aryl methyl sites for hydroxylation is 1. The second-order valence-electron chi connectivity index (χ2n) is 5.16. The molecule has 0 nitrogen and oxygen atoms in total. The molecular formula is C18H22. The summed E-state index contributed by atoms with van der Waals surface area (Å²) in [4.78, 5) is 0. The molecule has 0 aliphatic heterocycles. The van der Waals surface area contributed by atoms with Gasteiger partial charge in [-0.3, -0.25) is 0 Å². The first-order valence-corrected chi connectivity index (χ1v) is 6.76. The van der Waals surface area contributed by atoms with Gasteiger partial charge in [0.1, 0.15) is 0 Å². The molecule has 0 fully saturated rings. The molecule has 2 rings (SSSR count). The van der Waals surface area contributed by atoms with E-state index in [4.69, 9.17) is 0 Å². The molecular weight excluding hydrogens is 216 g/mol. The molecule has 0 saturated heterocycles. The van der Waals surface area contributed by atoms with E-state index in [0.29, 0.717) is 0 Å². The average molecular weight is 238 g/mol. The average Bonchev–Trinajstić information content (AvgIpc) is 2.86. The maximum Gasteiger partial charge on any atom is -0.00854 e. The van der Waals surface area contributed by atoms with Gasteiger partial charge in [0, 0.05) is 0 Å². The lowest BCUT2D eigenvalue weighted by molar-refractivity contribution is 1.05. The summed E-state index contributed by atoms with van der Waals surface area (Å²) in [5.74, 6) is 0. The first-order chi connectivity index (χ1) is 8.61. The maximum atomic E-state index is 2.35. The van der Waals surface area contributed by atoms with Gasteiger partial charge in [0.15, 0.2) is 0 Å². The first-order valence-electron chi connectivity index (χ1n) is 6.76. The van der Waals surface area contributed by atoms with Crippen molar-refractivity contribution < 1.29 is 0 Å². The highest BCUT2D eigenvalue weighted by Crippen LogP contribution is 2.31. The number of benzene rings is 1. The van der Waals surface area contributed by atoms with Gasteiger partial charge in [-0.25, -0.2) is 0 Å². The zero-order valence-electron chi connectivity index (χ0n) is 11.9. The molecule has 1 aromatic carbocycles. The van der Waals surface area contributed by atoms with Crippen LogP contribution in [0.4, 0.5) is 0 Å². The van der Waals surface area contributed by atoms with Gasteiger partial charge >= 0.3 is 0 Å². The van der Waals surface area contributed by atoms with E-state index in [1.165, 1.54) is 33.4 Å². The van der Waals surface area contributed by atoms with Gasteiger partial charge in [-0.15, -0.1) is 0 Å². The Morgan fingerprint density at radius 1 is 1.22 bits per heavy atom. The smallest absolute Gasteiger partial charge is 0.00854 e. The quantitative estimate of drug-likeness (QED) is 0.656. The van der Waals surface area contributed by atoms with Gasteiger partial charge in [-0.1, -0.05) is 54.5 Å². The molecule has 0 saturated carbocycles. The standard InChI is InChI=1S/C18H22/c1-5-14(3)15(4)16-9-10-18(12-16)17-8-6-7-13(2)11-17/h6-8,10-12H,5,9H2,1-4H3/b15-14+. The van der Waals surface area contributed by atoms with Crippen LogP contribution in [0.2, 0.25) is 0 Å². The predicted molar refractivity (Wildman–Crippen MR) is 80.5 cm³/mol. The van der Waals surface area contributed by atoms with E-state index < -0.39 is 0 Å². The summed E-state index contributed by atoms with van der Waals surface area (Å²) >= 11 is 0. The van der Waals surface area contributed by atoms with E-state index >= 15 is 0 Å². The first kappa shape index (κ1) is 12.9. The molecule has 0 bridgehead atoms. The highest BCUT2D eigenvalue weighted by atomic mass is 14.2. The van der Waals surface area contributed by atoms with Crippen LogP contribution in [-0.2, 0) is 0 Å². The summed E-state index contributed by atoms with van der Waals surface area (Å²) < 4.78 is 0. The second-order valence-corrected chi connectivity index (χ2v) is 5.16. The summed E-state index contributed by atoms with van der Waals surface area (Å²) in [6, 6.07) is 8.74. The van der Waals surface area contributed by atoms with Crippen LogP contribution in [0, 0.1) is 6.92 Å². The van der Waals surface area contributed by atoms with Crippen LogP contribution in [0.3, 0.4) is 0 Å². The molecule has 0 amide bonds. The van der Waals surface area contributed by atoms with E-state index in [-0.39, 0.29) is 0 Å². The fraction of sp³-hybridized carbons (Fsp3) is 0.333. The van der Waals surface area contributed by atoms with Crippen LogP contribution >= 0.6 is 0 Å². The summed E-state index contributed by atoms with van der Waals surface area (Å²) in [7, 11) is 0. The van der Waals surface area contributed by atoms with E-state index in [0.717, 1.165) is 12.8 Å². The lowest BCUT2D eigenvalue weighted by Gasteiger charge is -2.06. The zero-order valence-corrected chi connectivity index (χ0v) is 11.9. The Bertz CT molecular complexity index is 539. The Morgan fingerprint density at radius 2 is 2.00 bits per heavy atom. The van der Waals surface area contributed by atoms with Crippen LogP contribution in [0.25, 0.3) is 5.57 Å². The number of allylic oxidation sites excluding steroid dienone is 6. The molecule has 0 N–H and O–H groups in total. The Labute approximate surface area is 111 Å². The number of hydrogen-bond acceptors (Lipinski definition) is 0. The van der Waals surface area contributed by atoms with Crippen LogP contribution < -0.4 is 0 Å². The van der Waals surface area contributed by atoms with Crippen molar-refractivity contribution in [2.24, 2.45) is 0 Å². The fourth-order valence-electron chi connectivity index (χ4n) is 2.35. The number of hydrogen-bond donors (Lipinski definition) is 0. The normalized spacial score (nSPS) is 16.2. The molecule has 1 aliphatic carbocycles. The molecule has 0 heterocycles. The molecule has 0 heteroatoms. The lowest BCUT2D eigenvalue weighted by atomic mass is 9.99. The Kier molecular flexibility index (Phi) is 3.86. The van der Waals surface area contributed by atoms with Gasteiger partial charge < -0.3 is 0 Å². The van der Waals surface area contributed by atoms with E-state index in [9.17, 15) is 0 Å². The minimum Gasteiger partial charge on any atom is -0.0722 e. The third-order valence-corrected chi connectivity index (χ3v) is 3.88.